The highest BCUT2D eigenvalue weighted by Gasteiger charge is 2.10. The summed E-state index contributed by atoms with van der Waals surface area (Å²) in [5.41, 5.74) is 5.31. The fraction of sp³-hybridized carbons (Fsp3) is 0.0870. The van der Waals surface area contributed by atoms with Crippen LogP contribution in [0, 0.1) is 5.82 Å². The van der Waals surface area contributed by atoms with E-state index in [1.165, 1.54) is 24.3 Å². The Balaban J connectivity index is 1.60. The molecule has 3 aromatic rings. The van der Waals surface area contributed by atoms with E-state index >= 15 is 0 Å². The van der Waals surface area contributed by atoms with Crippen molar-refractivity contribution in [2.75, 3.05) is 6.61 Å². The van der Waals surface area contributed by atoms with Crippen LogP contribution in [-0.4, -0.2) is 24.2 Å². The van der Waals surface area contributed by atoms with E-state index in [9.17, 15) is 14.0 Å². The summed E-state index contributed by atoms with van der Waals surface area (Å²) in [6, 6.07) is 24.4. The van der Waals surface area contributed by atoms with Gasteiger partial charge in [-0.15, -0.1) is 0 Å². The van der Waals surface area contributed by atoms with Crippen molar-refractivity contribution in [1.29, 1.82) is 0 Å². The number of carbonyl (C=O) groups excluding carboxylic acids is 2. The van der Waals surface area contributed by atoms with Crippen molar-refractivity contribution in [2.45, 2.75) is 6.42 Å². The first-order valence-corrected chi connectivity index (χ1v) is 8.99. The zero-order valence-corrected chi connectivity index (χ0v) is 15.5. The average Bonchev–Trinajstić information content (AvgIpc) is 2.75. The summed E-state index contributed by atoms with van der Waals surface area (Å²) in [7, 11) is 0. The number of hydrogen-bond donors (Lipinski definition) is 1. The van der Waals surface area contributed by atoms with Gasteiger partial charge in [-0.05, 0) is 17.7 Å². The Morgan fingerprint density at radius 2 is 1.38 bits per heavy atom. The quantitative estimate of drug-likeness (QED) is 0.382. The minimum atomic E-state index is -0.581. The molecule has 6 heteroatoms. The first-order valence-electron chi connectivity index (χ1n) is 8.99. The lowest BCUT2D eigenvalue weighted by Gasteiger charge is -2.08. The molecule has 3 rings (SSSR count). The van der Waals surface area contributed by atoms with E-state index < -0.39 is 18.5 Å². The third kappa shape index (κ3) is 6.10. The summed E-state index contributed by atoms with van der Waals surface area (Å²) < 4.78 is 17.9. The van der Waals surface area contributed by atoms with Gasteiger partial charge in [-0.2, -0.15) is 5.10 Å². The monoisotopic (exact) mass is 390 g/mol. The summed E-state index contributed by atoms with van der Waals surface area (Å²) in [6.45, 7) is -0.458. The van der Waals surface area contributed by atoms with Crippen LogP contribution < -0.4 is 5.43 Å². The van der Waals surface area contributed by atoms with Gasteiger partial charge in [-0.25, -0.2) is 9.82 Å². The number of ether oxygens (including phenoxy) is 1. The molecule has 1 N–H and O–H groups in total. The van der Waals surface area contributed by atoms with E-state index in [1.54, 1.807) is 0 Å². The van der Waals surface area contributed by atoms with Crippen LogP contribution in [0.3, 0.4) is 0 Å². The van der Waals surface area contributed by atoms with Crippen LogP contribution in [0.1, 0.15) is 16.7 Å². The molecule has 1 amide bonds. The van der Waals surface area contributed by atoms with Gasteiger partial charge in [0.15, 0.2) is 6.61 Å². The summed E-state index contributed by atoms with van der Waals surface area (Å²) in [5, 5.41) is 4.22. The molecule has 29 heavy (non-hydrogen) atoms. The van der Waals surface area contributed by atoms with Crippen molar-refractivity contribution in [2.24, 2.45) is 5.10 Å². The molecule has 0 radical (unpaired) electrons. The normalized spacial score (nSPS) is 10.1. The highest BCUT2D eigenvalue weighted by molar-refractivity contribution is 6.13. The van der Waals surface area contributed by atoms with Crippen molar-refractivity contribution in [3.05, 3.63) is 107 Å². The molecule has 146 valence electrons. The summed E-state index contributed by atoms with van der Waals surface area (Å²) >= 11 is 0. The molecule has 0 fully saturated rings. The minimum Gasteiger partial charge on any atom is -0.455 e. The molecule has 0 aliphatic rings. The first-order chi connectivity index (χ1) is 14.1. The minimum absolute atomic E-state index is 0.0455. The summed E-state index contributed by atoms with van der Waals surface area (Å²) in [5.74, 6) is -1.52. The lowest BCUT2D eigenvalue weighted by atomic mass is 10.0. The van der Waals surface area contributed by atoms with Crippen LogP contribution in [0.5, 0.6) is 0 Å². The fourth-order valence-electron chi connectivity index (χ4n) is 2.60. The largest absolute Gasteiger partial charge is 0.455 e. The number of rotatable bonds is 7. The van der Waals surface area contributed by atoms with Crippen molar-refractivity contribution in [3.8, 4) is 0 Å². The molecule has 0 saturated carbocycles. The third-order valence-corrected chi connectivity index (χ3v) is 4.01. The Bertz CT molecular complexity index is 946. The van der Waals surface area contributed by atoms with Crippen LogP contribution in [0.2, 0.25) is 0 Å². The molecule has 0 atom stereocenters. The second-order valence-corrected chi connectivity index (χ2v) is 6.19. The summed E-state index contributed by atoms with van der Waals surface area (Å²) in [4.78, 5) is 23.9. The predicted molar refractivity (Wildman–Crippen MR) is 108 cm³/mol. The molecular formula is C23H19FN2O3. The van der Waals surface area contributed by atoms with Crippen LogP contribution >= 0.6 is 0 Å². The van der Waals surface area contributed by atoms with E-state index in [-0.39, 0.29) is 12.2 Å². The molecule has 0 heterocycles. The Morgan fingerprint density at radius 1 is 0.828 bits per heavy atom. The molecule has 0 aliphatic carbocycles. The van der Waals surface area contributed by atoms with Crippen LogP contribution in [0.4, 0.5) is 4.39 Å². The SMILES string of the molecule is O=C(COC(=O)Cc1ccc(F)cc1)NN=C(c1ccccc1)c1ccccc1. The molecule has 0 aromatic heterocycles. The Kier molecular flexibility index (Phi) is 6.84. The van der Waals surface area contributed by atoms with Crippen molar-refractivity contribution in [1.82, 2.24) is 5.43 Å². The maximum atomic E-state index is 12.9. The Labute approximate surface area is 167 Å². The number of nitrogens with zero attached hydrogens (tertiary/aromatic N) is 1. The molecule has 0 spiro atoms. The van der Waals surface area contributed by atoms with Gasteiger partial charge in [-0.3, -0.25) is 9.59 Å². The van der Waals surface area contributed by atoms with Gasteiger partial charge in [-0.1, -0.05) is 72.8 Å². The van der Waals surface area contributed by atoms with Gasteiger partial charge >= 0.3 is 5.97 Å². The van der Waals surface area contributed by atoms with Crippen molar-refractivity contribution in [3.63, 3.8) is 0 Å². The zero-order chi connectivity index (χ0) is 20.5. The van der Waals surface area contributed by atoms with Gasteiger partial charge in [0.25, 0.3) is 5.91 Å². The van der Waals surface area contributed by atoms with Gasteiger partial charge < -0.3 is 4.74 Å². The number of hydrogen-bond acceptors (Lipinski definition) is 4. The van der Waals surface area contributed by atoms with E-state index in [2.05, 4.69) is 10.5 Å². The number of carbonyl (C=O) groups is 2. The summed E-state index contributed by atoms with van der Waals surface area (Å²) in [6.07, 6.45) is -0.0455. The second kappa shape index (κ2) is 9.94. The van der Waals surface area contributed by atoms with Gasteiger partial charge in [0.2, 0.25) is 0 Å². The number of nitrogens with one attached hydrogen (secondary N) is 1. The van der Waals surface area contributed by atoms with E-state index in [4.69, 9.17) is 4.74 Å². The Morgan fingerprint density at radius 3 is 1.93 bits per heavy atom. The molecule has 5 nitrogen and oxygen atoms in total. The number of hydrazone groups is 1. The maximum absolute atomic E-state index is 12.9. The van der Waals surface area contributed by atoms with Gasteiger partial charge in [0.05, 0.1) is 12.1 Å². The van der Waals surface area contributed by atoms with Crippen molar-refractivity contribution < 1.29 is 18.7 Å². The molecular weight excluding hydrogens is 371 g/mol. The standard InChI is InChI=1S/C23H19FN2O3/c24-20-13-11-17(12-14-20)15-22(28)29-16-21(27)25-26-23(18-7-3-1-4-8-18)19-9-5-2-6-10-19/h1-14H,15-16H2,(H,25,27). The van der Waals surface area contributed by atoms with Crippen LogP contribution in [0.15, 0.2) is 90.0 Å². The average molecular weight is 390 g/mol. The van der Waals surface area contributed by atoms with Crippen molar-refractivity contribution >= 4 is 17.6 Å². The lowest BCUT2D eigenvalue weighted by molar-refractivity contribution is -0.147. The smallest absolute Gasteiger partial charge is 0.310 e. The highest BCUT2D eigenvalue weighted by atomic mass is 19.1. The lowest BCUT2D eigenvalue weighted by Crippen LogP contribution is -2.26. The molecule has 3 aromatic carbocycles. The number of amides is 1. The zero-order valence-electron chi connectivity index (χ0n) is 15.5. The fourth-order valence-corrected chi connectivity index (χ4v) is 2.60. The second-order valence-electron chi connectivity index (χ2n) is 6.19. The number of halogens is 1. The van der Waals surface area contributed by atoms with Crippen LogP contribution in [0.25, 0.3) is 0 Å². The van der Waals surface area contributed by atoms with E-state index in [0.29, 0.717) is 11.3 Å². The number of esters is 1. The predicted octanol–water partition coefficient (Wildman–Crippen LogP) is 3.48. The first kappa shape index (κ1) is 19.9. The molecule has 0 bridgehead atoms. The molecule has 0 saturated heterocycles. The number of benzene rings is 3. The van der Waals surface area contributed by atoms with Gasteiger partial charge in [0.1, 0.15) is 5.82 Å². The maximum Gasteiger partial charge on any atom is 0.310 e. The highest BCUT2D eigenvalue weighted by Crippen LogP contribution is 2.10. The Hall–Kier alpha value is -3.80. The topological polar surface area (TPSA) is 67.8 Å². The van der Waals surface area contributed by atoms with Crippen LogP contribution in [-0.2, 0) is 20.7 Å². The molecule has 0 unspecified atom stereocenters. The van der Waals surface area contributed by atoms with E-state index in [1.807, 2.05) is 60.7 Å². The van der Waals surface area contributed by atoms with Gasteiger partial charge in [0, 0.05) is 11.1 Å². The third-order valence-electron chi connectivity index (χ3n) is 4.01. The van der Waals surface area contributed by atoms with E-state index in [0.717, 1.165) is 11.1 Å². The molecule has 0 aliphatic heterocycles.